The molecule has 4 rings (SSSR count). The number of carbonyl (C=O) groups excluding carboxylic acids is 2. The number of benzene rings is 2. The molecule has 3 atom stereocenters. The van der Waals surface area contributed by atoms with Gasteiger partial charge in [0.1, 0.15) is 23.4 Å². The highest BCUT2D eigenvalue weighted by Crippen LogP contribution is 2.24. The number of nitrogens with zero attached hydrogens (tertiary/aromatic N) is 3. The Morgan fingerprint density at radius 3 is 2.49 bits per heavy atom. The van der Waals surface area contributed by atoms with E-state index in [0.29, 0.717) is 22.7 Å². The highest BCUT2D eigenvalue weighted by molar-refractivity contribution is 5.94. The summed E-state index contributed by atoms with van der Waals surface area (Å²) >= 11 is 0. The number of amides is 2. The maximum absolute atomic E-state index is 13.9. The molecule has 0 unspecified atom stereocenters. The quantitative estimate of drug-likeness (QED) is 0.551. The zero-order chi connectivity index (χ0) is 24.9. The van der Waals surface area contributed by atoms with Gasteiger partial charge in [-0.2, -0.15) is 0 Å². The molecule has 184 valence electrons. The normalized spacial score (nSPS) is 18.7. The molecule has 1 aliphatic rings. The molecule has 1 aliphatic heterocycles. The molecule has 0 aliphatic carbocycles. The van der Waals surface area contributed by atoms with Gasteiger partial charge >= 0.3 is 0 Å². The lowest BCUT2D eigenvalue weighted by atomic mass is 9.97. The van der Waals surface area contributed by atoms with Crippen LogP contribution >= 0.6 is 0 Å². The maximum atomic E-state index is 13.9. The van der Waals surface area contributed by atoms with E-state index in [1.54, 1.807) is 53.4 Å². The molecule has 0 saturated carbocycles. The summed E-state index contributed by atoms with van der Waals surface area (Å²) in [6.45, 7) is 4.10. The molecule has 2 aromatic carbocycles. The molecule has 2 amide bonds. The number of rotatable bonds is 7. The highest BCUT2D eigenvalue weighted by Gasteiger charge is 2.29. The molecule has 35 heavy (non-hydrogen) atoms. The predicted molar refractivity (Wildman–Crippen MR) is 130 cm³/mol. The van der Waals surface area contributed by atoms with Gasteiger partial charge in [0.05, 0.1) is 0 Å². The largest absolute Gasteiger partial charge is 0.484 e. The van der Waals surface area contributed by atoms with Gasteiger partial charge in [-0.1, -0.05) is 12.1 Å². The SMILES string of the molecule is C[C@@H]1CCC[C@@H](C)N1C(=O)COc1ccc(C(=O)N[C@H](c2cccc(F)c2)c2nccn2C)cc1. The lowest BCUT2D eigenvalue weighted by Gasteiger charge is -2.38. The van der Waals surface area contributed by atoms with E-state index in [4.69, 9.17) is 4.74 Å². The predicted octanol–water partition coefficient (Wildman–Crippen LogP) is 4.25. The Hall–Kier alpha value is -3.68. The Bertz CT molecular complexity index is 1170. The van der Waals surface area contributed by atoms with Crippen molar-refractivity contribution in [3.8, 4) is 5.75 Å². The number of piperidine rings is 1. The van der Waals surface area contributed by atoms with Gasteiger partial charge in [0.2, 0.25) is 0 Å². The number of hydrogen-bond acceptors (Lipinski definition) is 4. The molecular weight excluding hydrogens is 447 g/mol. The van der Waals surface area contributed by atoms with Gasteiger partial charge in [-0.3, -0.25) is 9.59 Å². The standard InChI is InChI=1S/C27H31FN4O3/c1-18-6-4-7-19(2)32(18)24(33)17-35-23-12-10-20(11-13-23)27(34)30-25(26-29-14-15-31(26)3)21-8-5-9-22(28)16-21/h5,8-16,18-19,25H,4,6-7,17H2,1-3H3,(H,30,34)/t18-,19-,25-/m1/s1. The summed E-state index contributed by atoms with van der Waals surface area (Å²) in [7, 11) is 1.82. The van der Waals surface area contributed by atoms with Crippen LogP contribution in [0.3, 0.4) is 0 Å². The van der Waals surface area contributed by atoms with Crippen molar-refractivity contribution in [3.05, 3.63) is 83.7 Å². The van der Waals surface area contributed by atoms with Crippen LogP contribution < -0.4 is 10.1 Å². The summed E-state index contributed by atoms with van der Waals surface area (Å²) in [4.78, 5) is 32.0. The van der Waals surface area contributed by atoms with Gasteiger partial charge in [-0.15, -0.1) is 0 Å². The summed E-state index contributed by atoms with van der Waals surface area (Å²) in [6.07, 6.45) is 6.56. The molecule has 1 N–H and O–H groups in total. The lowest BCUT2D eigenvalue weighted by Crippen LogP contribution is -2.49. The van der Waals surface area contributed by atoms with Crippen LogP contribution in [0.1, 0.15) is 60.9 Å². The van der Waals surface area contributed by atoms with Crippen molar-refractivity contribution in [2.24, 2.45) is 7.05 Å². The van der Waals surface area contributed by atoms with E-state index in [9.17, 15) is 14.0 Å². The molecule has 7 nitrogen and oxygen atoms in total. The second-order valence-corrected chi connectivity index (χ2v) is 9.10. The summed E-state index contributed by atoms with van der Waals surface area (Å²) in [5.74, 6) is 0.349. The lowest BCUT2D eigenvalue weighted by molar-refractivity contribution is -0.139. The van der Waals surface area contributed by atoms with Gasteiger partial charge in [0.15, 0.2) is 6.61 Å². The van der Waals surface area contributed by atoms with Crippen molar-refractivity contribution in [3.63, 3.8) is 0 Å². The third kappa shape index (κ3) is 5.70. The minimum absolute atomic E-state index is 0.0282. The van der Waals surface area contributed by atoms with Crippen LogP contribution in [-0.2, 0) is 11.8 Å². The van der Waals surface area contributed by atoms with Crippen LogP contribution in [0.4, 0.5) is 4.39 Å². The molecule has 1 saturated heterocycles. The van der Waals surface area contributed by atoms with E-state index in [0.717, 1.165) is 19.3 Å². The van der Waals surface area contributed by atoms with Gasteiger partial charge < -0.3 is 19.5 Å². The molecule has 1 fully saturated rings. The van der Waals surface area contributed by atoms with Gasteiger partial charge in [0, 0.05) is 37.1 Å². The van der Waals surface area contributed by atoms with E-state index >= 15 is 0 Å². The highest BCUT2D eigenvalue weighted by atomic mass is 19.1. The monoisotopic (exact) mass is 478 g/mol. The number of halogens is 1. The molecule has 0 spiro atoms. The van der Waals surface area contributed by atoms with Crippen LogP contribution in [0.15, 0.2) is 60.9 Å². The first kappa shape index (κ1) is 24.4. The van der Waals surface area contributed by atoms with Crippen molar-refractivity contribution in [1.29, 1.82) is 0 Å². The molecule has 0 bridgehead atoms. The van der Waals surface area contributed by atoms with Crippen molar-refractivity contribution >= 4 is 11.8 Å². The number of carbonyl (C=O) groups is 2. The second-order valence-electron chi connectivity index (χ2n) is 9.10. The Morgan fingerprint density at radius 2 is 1.86 bits per heavy atom. The first-order chi connectivity index (χ1) is 16.8. The average molecular weight is 479 g/mol. The Kier molecular flexibility index (Phi) is 7.48. The topological polar surface area (TPSA) is 76.5 Å². The van der Waals surface area contributed by atoms with Crippen molar-refractivity contribution in [1.82, 2.24) is 19.8 Å². The Balaban J connectivity index is 1.42. The summed E-state index contributed by atoms with van der Waals surface area (Å²) in [6, 6.07) is 12.5. The van der Waals surface area contributed by atoms with Crippen molar-refractivity contribution in [2.75, 3.05) is 6.61 Å². The molecule has 0 radical (unpaired) electrons. The second kappa shape index (κ2) is 10.7. The fourth-order valence-electron chi connectivity index (χ4n) is 4.69. The Labute approximate surface area is 204 Å². The molecule has 1 aromatic heterocycles. The minimum atomic E-state index is -0.625. The van der Waals surface area contributed by atoms with Crippen molar-refractivity contribution < 1.29 is 18.7 Å². The van der Waals surface area contributed by atoms with Gasteiger partial charge in [-0.05, 0) is 75.1 Å². The number of aromatic nitrogens is 2. The fraction of sp³-hybridized carbons (Fsp3) is 0.370. The number of hydrogen-bond donors (Lipinski definition) is 1. The molecule has 2 heterocycles. The number of nitrogens with one attached hydrogen (secondary N) is 1. The average Bonchev–Trinajstić information content (AvgIpc) is 3.26. The van der Waals surface area contributed by atoms with Crippen LogP contribution in [0.25, 0.3) is 0 Å². The van der Waals surface area contributed by atoms with Gasteiger partial charge in [-0.25, -0.2) is 9.37 Å². The number of aryl methyl sites for hydroxylation is 1. The zero-order valence-corrected chi connectivity index (χ0v) is 20.3. The van der Waals surface area contributed by atoms with Gasteiger partial charge in [0.25, 0.3) is 11.8 Å². The number of likely N-dealkylation sites (tertiary alicyclic amines) is 1. The number of imidazole rings is 1. The van der Waals surface area contributed by atoms with E-state index < -0.39 is 6.04 Å². The summed E-state index contributed by atoms with van der Waals surface area (Å²) < 4.78 is 21.4. The molecule has 3 aromatic rings. The zero-order valence-electron chi connectivity index (χ0n) is 20.3. The maximum Gasteiger partial charge on any atom is 0.260 e. The van der Waals surface area contributed by atoms with E-state index in [1.165, 1.54) is 12.1 Å². The minimum Gasteiger partial charge on any atom is -0.484 e. The Morgan fingerprint density at radius 1 is 1.14 bits per heavy atom. The van der Waals surface area contributed by atoms with E-state index in [-0.39, 0.29) is 36.3 Å². The van der Waals surface area contributed by atoms with E-state index in [1.807, 2.05) is 11.9 Å². The number of ether oxygens (including phenoxy) is 1. The van der Waals surface area contributed by atoms with Crippen LogP contribution in [0, 0.1) is 5.82 Å². The molecular formula is C27H31FN4O3. The third-order valence-electron chi connectivity index (χ3n) is 6.53. The first-order valence-corrected chi connectivity index (χ1v) is 11.9. The first-order valence-electron chi connectivity index (χ1n) is 11.9. The van der Waals surface area contributed by atoms with Crippen LogP contribution in [-0.4, -0.2) is 45.0 Å². The summed E-state index contributed by atoms with van der Waals surface area (Å²) in [5.41, 5.74) is 1.00. The smallest absolute Gasteiger partial charge is 0.260 e. The summed E-state index contributed by atoms with van der Waals surface area (Å²) in [5, 5.41) is 2.95. The van der Waals surface area contributed by atoms with Crippen molar-refractivity contribution in [2.45, 2.75) is 51.2 Å². The molecule has 8 heteroatoms. The van der Waals surface area contributed by atoms with Crippen LogP contribution in [0.5, 0.6) is 5.75 Å². The van der Waals surface area contributed by atoms with Crippen LogP contribution in [0.2, 0.25) is 0 Å². The fourth-order valence-corrected chi connectivity index (χ4v) is 4.69. The van der Waals surface area contributed by atoms with E-state index in [2.05, 4.69) is 24.1 Å². The third-order valence-corrected chi connectivity index (χ3v) is 6.53.